The lowest BCUT2D eigenvalue weighted by Gasteiger charge is -2.35. The molecule has 1 aliphatic heterocycles. The van der Waals surface area contributed by atoms with Gasteiger partial charge in [-0.3, -0.25) is 9.59 Å². The molecule has 1 amide bonds. The minimum atomic E-state index is -3.05. The SMILES string of the molecule is CN(C(=O)c1cc2cc(F)c(C(F)F)cc2[nH]1)[C@@H]1COC(O)c2[nH]c(=O)c3cc(F)c(F)cc3c21. The van der Waals surface area contributed by atoms with Gasteiger partial charge in [0.1, 0.15) is 11.5 Å². The van der Waals surface area contributed by atoms with Gasteiger partial charge in [0, 0.05) is 23.5 Å². The third-order valence-electron chi connectivity index (χ3n) is 6.12. The van der Waals surface area contributed by atoms with Gasteiger partial charge in [-0.25, -0.2) is 22.0 Å². The number of alkyl halides is 2. The molecule has 0 radical (unpaired) electrons. The van der Waals surface area contributed by atoms with Crippen molar-refractivity contribution >= 4 is 27.6 Å². The fraction of sp³-hybridized carbons (Fsp3) is 0.217. The van der Waals surface area contributed by atoms with Gasteiger partial charge in [0.25, 0.3) is 17.9 Å². The molecule has 2 aromatic carbocycles. The van der Waals surface area contributed by atoms with Crippen molar-refractivity contribution < 1.29 is 36.6 Å². The second-order valence-corrected chi connectivity index (χ2v) is 8.16. The molecule has 0 spiro atoms. The predicted octanol–water partition coefficient (Wildman–Crippen LogP) is 4.20. The standard InChI is InChI=1S/C23H16F5N3O4/c1-31(22(33)16-3-8-2-12(24)11(20(27)28)6-15(8)29-16)17-7-35-23(34)19-18(17)9-4-13(25)14(26)5-10(9)21(32)30-19/h2-6,17,20,23,29,34H,7H2,1H3,(H,30,32)/t17-,23?/m1/s1. The number of aromatic nitrogens is 2. The number of ether oxygens (including phenoxy) is 1. The Bertz CT molecular complexity index is 1560. The van der Waals surface area contributed by atoms with E-state index in [9.17, 15) is 36.6 Å². The van der Waals surface area contributed by atoms with Crippen LogP contribution in [0.2, 0.25) is 0 Å². The molecule has 3 N–H and O–H groups in total. The van der Waals surface area contributed by atoms with Gasteiger partial charge < -0.3 is 24.7 Å². The van der Waals surface area contributed by atoms with Gasteiger partial charge in [-0.1, -0.05) is 0 Å². The Morgan fingerprint density at radius 1 is 1.06 bits per heavy atom. The van der Waals surface area contributed by atoms with Crippen LogP contribution in [0.4, 0.5) is 22.0 Å². The Morgan fingerprint density at radius 3 is 2.43 bits per heavy atom. The minimum Gasteiger partial charge on any atom is -0.363 e. The zero-order valence-electron chi connectivity index (χ0n) is 17.8. The number of halogens is 5. The Hall–Kier alpha value is -3.77. The van der Waals surface area contributed by atoms with Crippen LogP contribution in [0.1, 0.15) is 46.1 Å². The number of aromatic amines is 2. The van der Waals surface area contributed by atoms with Crippen LogP contribution in [0.3, 0.4) is 0 Å². The quantitative estimate of drug-likeness (QED) is 0.373. The number of hydrogen-bond acceptors (Lipinski definition) is 4. The Kier molecular flexibility index (Phi) is 5.37. The van der Waals surface area contributed by atoms with Crippen LogP contribution in [0.5, 0.6) is 0 Å². The Labute approximate surface area is 192 Å². The van der Waals surface area contributed by atoms with Crippen LogP contribution in [0, 0.1) is 17.5 Å². The third-order valence-corrected chi connectivity index (χ3v) is 6.12. The molecule has 1 unspecified atom stereocenters. The van der Waals surface area contributed by atoms with Crippen molar-refractivity contribution in [1.82, 2.24) is 14.9 Å². The first kappa shape index (κ1) is 23.0. The molecule has 182 valence electrons. The Morgan fingerprint density at radius 2 is 1.74 bits per heavy atom. The van der Waals surface area contributed by atoms with Gasteiger partial charge in [-0.2, -0.15) is 0 Å². The summed E-state index contributed by atoms with van der Waals surface area (Å²) in [7, 11) is 1.37. The van der Waals surface area contributed by atoms with Gasteiger partial charge >= 0.3 is 0 Å². The van der Waals surface area contributed by atoms with Gasteiger partial charge in [-0.15, -0.1) is 0 Å². The van der Waals surface area contributed by atoms with Crippen LogP contribution >= 0.6 is 0 Å². The van der Waals surface area contributed by atoms with Gasteiger partial charge in [0.05, 0.1) is 29.3 Å². The topological polar surface area (TPSA) is 98.4 Å². The number of likely N-dealkylation sites (N-methyl/N-ethyl adjacent to an activating group) is 1. The zero-order valence-corrected chi connectivity index (χ0v) is 17.8. The van der Waals surface area contributed by atoms with Gasteiger partial charge in [-0.05, 0) is 35.7 Å². The van der Waals surface area contributed by atoms with Crippen molar-refractivity contribution in [1.29, 1.82) is 0 Å². The summed E-state index contributed by atoms with van der Waals surface area (Å²) in [6.45, 7) is -0.263. The number of nitrogens with zero attached hydrogens (tertiary/aromatic N) is 1. The highest BCUT2D eigenvalue weighted by Crippen LogP contribution is 2.38. The number of aliphatic hydroxyl groups excluding tert-OH is 1. The maximum atomic E-state index is 14.1. The van der Waals surface area contributed by atoms with Gasteiger partial charge in [0.2, 0.25) is 0 Å². The number of fused-ring (bicyclic) bond motifs is 4. The summed E-state index contributed by atoms with van der Waals surface area (Å²) in [6.07, 6.45) is -4.63. The molecular formula is C23H16F5N3O4. The second-order valence-electron chi connectivity index (χ2n) is 8.16. The number of rotatable bonds is 3. The van der Waals surface area contributed by atoms with E-state index in [2.05, 4.69) is 9.97 Å². The molecule has 0 saturated heterocycles. The highest BCUT2D eigenvalue weighted by Gasteiger charge is 2.35. The fourth-order valence-electron chi connectivity index (χ4n) is 4.35. The largest absolute Gasteiger partial charge is 0.363 e. The molecule has 5 rings (SSSR count). The number of H-pyrrole nitrogens is 2. The van der Waals surface area contributed by atoms with E-state index < -0.39 is 53.2 Å². The van der Waals surface area contributed by atoms with E-state index >= 15 is 0 Å². The summed E-state index contributed by atoms with van der Waals surface area (Å²) in [4.78, 5) is 31.9. The molecule has 12 heteroatoms. The van der Waals surface area contributed by atoms with E-state index in [1.807, 2.05) is 0 Å². The molecular weight excluding hydrogens is 477 g/mol. The summed E-state index contributed by atoms with van der Waals surface area (Å²) in [6, 6.07) is 3.64. The molecule has 0 aliphatic carbocycles. The van der Waals surface area contributed by atoms with Crippen LogP contribution in [-0.2, 0) is 4.74 Å². The predicted molar refractivity (Wildman–Crippen MR) is 113 cm³/mol. The van der Waals surface area contributed by atoms with E-state index in [1.165, 1.54) is 18.0 Å². The molecule has 1 aliphatic rings. The number of amides is 1. The molecule has 0 fully saturated rings. The number of carbonyl (C=O) groups is 1. The summed E-state index contributed by atoms with van der Waals surface area (Å²) in [5, 5.41) is 10.2. The number of hydrogen-bond donors (Lipinski definition) is 3. The maximum Gasteiger partial charge on any atom is 0.270 e. The summed E-state index contributed by atoms with van der Waals surface area (Å²) in [5.74, 6) is -4.26. The average molecular weight is 493 g/mol. The molecule has 2 aromatic heterocycles. The van der Waals surface area contributed by atoms with Crippen LogP contribution in [-0.4, -0.2) is 39.5 Å². The molecule has 2 atom stereocenters. The first-order chi connectivity index (χ1) is 16.6. The number of nitrogens with one attached hydrogen (secondary N) is 2. The van der Waals surface area contributed by atoms with Crippen molar-refractivity contribution in [3.8, 4) is 0 Å². The van der Waals surface area contributed by atoms with E-state index in [-0.39, 0.29) is 45.2 Å². The van der Waals surface area contributed by atoms with Gasteiger partial charge in [0.15, 0.2) is 17.9 Å². The molecule has 4 aromatic rings. The van der Waals surface area contributed by atoms with Crippen molar-refractivity contribution in [2.24, 2.45) is 0 Å². The lowest BCUT2D eigenvalue weighted by Crippen LogP contribution is -2.39. The fourth-order valence-corrected chi connectivity index (χ4v) is 4.35. The van der Waals surface area contributed by atoms with Crippen molar-refractivity contribution in [2.75, 3.05) is 13.7 Å². The normalized spacial score (nSPS) is 17.8. The summed E-state index contributed by atoms with van der Waals surface area (Å²) < 4.78 is 73.2. The van der Waals surface area contributed by atoms with Crippen LogP contribution < -0.4 is 5.56 Å². The summed E-state index contributed by atoms with van der Waals surface area (Å²) >= 11 is 0. The average Bonchev–Trinajstić information content (AvgIpc) is 3.22. The molecule has 35 heavy (non-hydrogen) atoms. The van der Waals surface area contributed by atoms with E-state index in [0.717, 1.165) is 24.3 Å². The van der Waals surface area contributed by atoms with Crippen molar-refractivity contribution in [2.45, 2.75) is 18.8 Å². The first-order valence-electron chi connectivity index (χ1n) is 10.3. The summed E-state index contributed by atoms with van der Waals surface area (Å²) in [5.41, 5.74) is -1.53. The molecule has 0 saturated carbocycles. The molecule has 3 heterocycles. The number of carbonyl (C=O) groups excluding carboxylic acids is 1. The highest BCUT2D eigenvalue weighted by atomic mass is 19.3. The molecule has 7 nitrogen and oxygen atoms in total. The number of pyridine rings is 1. The third kappa shape index (κ3) is 3.65. The molecule has 0 bridgehead atoms. The minimum absolute atomic E-state index is 0.0186. The number of benzene rings is 2. The second kappa shape index (κ2) is 8.17. The lowest BCUT2D eigenvalue weighted by molar-refractivity contribution is -0.129. The number of aliphatic hydroxyl groups is 1. The zero-order chi connectivity index (χ0) is 25.2. The highest BCUT2D eigenvalue weighted by molar-refractivity contribution is 5.98. The smallest absolute Gasteiger partial charge is 0.270 e. The van der Waals surface area contributed by atoms with E-state index in [1.54, 1.807) is 0 Å². The van der Waals surface area contributed by atoms with E-state index in [0.29, 0.717) is 0 Å². The first-order valence-corrected chi connectivity index (χ1v) is 10.3. The maximum absolute atomic E-state index is 14.1. The monoisotopic (exact) mass is 493 g/mol. The Balaban J connectivity index is 1.60. The van der Waals surface area contributed by atoms with Crippen LogP contribution in [0.25, 0.3) is 21.7 Å². The van der Waals surface area contributed by atoms with Crippen molar-refractivity contribution in [3.05, 3.63) is 80.7 Å². The van der Waals surface area contributed by atoms with Crippen molar-refractivity contribution in [3.63, 3.8) is 0 Å². The van der Waals surface area contributed by atoms with Crippen LogP contribution in [0.15, 0.2) is 35.1 Å². The lowest BCUT2D eigenvalue weighted by atomic mass is 9.94. The van der Waals surface area contributed by atoms with E-state index in [4.69, 9.17) is 4.74 Å².